The van der Waals surface area contributed by atoms with Crippen LogP contribution < -0.4 is 14.2 Å². The average molecular weight is 247 g/mol. The maximum atomic E-state index is 9.06. The highest BCUT2D eigenvalue weighted by Crippen LogP contribution is 2.43. The number of ether oxygens (including phenoxy) is 3. The standard InChI is InChI=1S/C14H17NO3/c1-16-12-7-13(17-2)14(18-3)10-5-4-9(8-15)6-11(10)12/h7,9H,4-6H2,1-3H3. The Bertz CT molecular complexity index is 491. The van der Waals surface area contributed by atoms with Crippen molar-refractivity contribution in [3.63, 3.8) is 0 Å². The van der Waals surface area contributed by atoms with Crippen LogP contribution in [0.1, 0.15) is 17.5 Å². The van der Waals surface area contributed by atoms with Gasteiger partial charge < -0.3 is 14.2 Å². The zero-order chi connectivity index (χ0) is 13.1. The monoisotopic (exact) mass is 247 g/mol. The summed E-state index contributed by atoms with van der Waals surface area (Å²) in [5.41, 5.74) is 2.19. The normalized spacial score (nSPS) is 17.6. The van der Waals surface area contributed by atoms with E-state index in [-0.39, 0.29) is 5.92 Å². The summed E-state index contributed by atoms with van der Waals surface area (Å²) in [5, 5.41) is 9.06. The lowest BCUT2D eigenvalue weighted by molar-refractivity contribution is 0.339. The van der Waals surface area contributed by atoms with Crippen molar-refractivity contribution in [2.24, 2.45) is 5.92 Å². The van der Waals surface area contributed by atoms with Crippen LogP contribution in [-0.4, -0.2) is 21.3 Å². The van der Waals surface area contributed by atoms with Gasteiger partial charge in [0.25, 0.3) is 0 Å². The van der Waals surface area contributed by atoms with E-state index in [9.17, 15) is 0 Å². The van der Waals surface area contributed by atoms with E-state index in [1.807, 2.05) is 6.07 Å². The number of benzene rings is 1. The van der Waals surface area contributed by atoms with Crippen LogP contribution in [0, 0.1) is 17.2 Å². The van der Waals surface area contributed by atoms with E-state index in [0.717, 1.165) is 41.9 Å². The van der Waals surface area contributed by atoms with Crippen LogP contribution in [0.4, 0.5) is 0 Å². The number of nitriles is 1. The molecule has 0 fully saturated rings. The summed E-state index contributed by atoms with van der Waals surface area (Å²) < 4.78 is 16.2. The van der Waals surface area contributed by atoms with Crippen LogP contribution in [-0.2, 0) is 12.8 Å². The topological polar surface area (TPSA) is 51.5 Å². The molecule has 1 aliphatic rings. The predicted molar refractivity (Wildman–Crippen MR) is 67.2 cm³/mol. The molecule has 0 saturated carbocycles. The predicted octanol–water partition coefficient (Wildman–Crippen LogP) is 2.34. The van der Waals surface area contributed by atoms with Gasteiger partial charge in [0.05, 0.1) is 33.3 Å². The zero-order valence-corrected chi connectivity index (χ0v) is 10.9. The first-order valence-electron chi connectivity index (χ1n) is 5.95. The van der Waals surface area contributed by atoms with Gasteiger partial charge in [0.2, 0.25) is 0 Å². The Morgan fingerprint density at radius 2 is 1.83 bits per heavy atom. The molecule has 0 radical (unpaired) electrons. The third-order valence-electron chi connectivity index (χ3n) is 3.44. The SMILES string of the molecule is COc1cc(OC)c(OC)c2c1CC(C#N)CC2. The summed E-state index contributed by atoms with van der Waals surface area (Å²) in [4.78, 5) is 0. The molecular weight excluding hydrogens is 230 g/mol. The first kappa shape index (κ1) is 12.6. The van der Waals surface area contributed by atoms with Gasteiger partial charge in [-0.3, -0.25) is 0 Å². The zero-order valence-electron chi connectivity index (χ0n) is 10.9. The molecule has 1 aromatic rings. The molecule has 0 amide bonds. The summed E-state index contributed by atoms with van der Waals surface area (Å²) in [6, 6.07) is 4.17. The van der Waals surface area contributed by atoms with Crippen LogP contribution in [0.5, 0.6) is 17.2 Å². The Balaban J connectivity index is 2.57. The van der Waals surface area contributed by atoms with E-state index in [4.69, 9.17) is 19.5 Å². The molecule has 96 valence electrons. The molecule has 4 nitrogen and oxygen atoms in total. The van der Waals surface area contributed by atoms with Gasteiger partial charge in [-0.2, -0.15) is 5.26 Å². The Hall–Kier alpha value is -1.89. The molecule has 4 heteroatoms. The largest absolute Gasteiger partial charge is 0.496 e. The maximum absolute atomic E-state index is 9.06. The fourth-order valence-electron chi connectivity index (χ4n) is 2.53. The fraction of sp³-hybridized carbons (Fsp3) is 0.500. The van der Waals surface area contributed by atoms with E-state index < -0.39 is 0 Å². The van der Waals surface area contributed by atoms with Crippen molar-refractivity contribution in [2.75, 3.05) is 21.3 Å². The van der Waals surface area contributed by atoms with Crippen molar-refractivity contribution in [1.29, 1.82) is 5.26 Å². The van der Waals surface area contributed by atoms with Crippen molar-refractivity contribution in [3.05, 3.63) is 17.2 Å². The lowest BCUT2D eigenvalue weighted by atomic mass is 9.83. The average Bonchev–Trinajstić information content (AvgIpc) is 2.44. The van der Waals surface area contributed by atoms with E-state index in [2.05, 4.69) is 6.07 Å². The van der Waals surface area contributed by atoms with Crippen LogP contribution in [0.2, 0.25) is 0 Å². The molecule has 2 rings (SSSR count). The molecule has 0 aliphatic heterocycles. The van der Waals surface area contributed by atoms with E-state index >= 15 is 0 Å². The Morgan fingerprint density at radius 3 is 2.39 bits per heavy atom. The molecule has 1 unspecified atom stereocenters. The molecule has 1 aromatic carbocycles. The lowest BCUT2D eigenvalue weighted by Gasteiger charge is -2.25. The molecule has 18 heavy (non-hydrogen) atoms. The minimum absolute atomic E-state index is 0.0597. The Kier molecular flexibility index (Phi) is 3.61. The smallest absolute Gasteiger partial charge is 0.164 e. The van der Waals surface area contributed by atoms with Crippen LogP contribution >= 0.6 is 0 Å². The minimum atomic E-state index is 0.0597. The summed E-state index contributed by atoms with van der Waals surface area (Å²) in [6.45, 7) is 0. The van der Waals surface area contributed by atoms with Crippen molar-refractivity contribution >= 4 is 0 Å². The van der Waals surface area contributed by atoms with Gasteiger partial charge in [-0.05, 0) is 19.3 Å². The Morgan fingerprint density at radius 1 is 1.11 bits per heavy atom. The third-order valence-corrected chi connectivity index (χ3v) is 3.44. The second-order valence-electron chi connectivity index (χ2n) is 4.34. The first-order chi connectivity index (χ1) is 8.74. The third kappa shape index (κ3) is 1.97. The van der Waals surface area contributed by atoms with Gasteiger partial charge >= 0.3 is 0 Å². The van der Waals surface area contributed by atoms with Gasteiger partial charge in [-0.1, -0.05) is 0 Å². The summed E-state index contributed by atoms with van der Waals surface area (Å²) in [5.74, 6) is 2.29. The fourth-order valence-corrected chi connectivity index (χ4v) is 2.53. The van der Waals surface area contributed by atoms with Gasteiger partial charge in [0, 0.05) is 17.2 Å². The van der Waals surface area contributed by atoms with Crippen molar-refractivity contribution < 1.29 is 14.2 Å². The second-order valence-corrected chi connectivity index (χ2v) is 4.34. The highest BCUT2D eigenvalue weighted by atomic mass is 16.5. The van der Waals surface area contributed by atoms with Gasteiger partial charge in [-0.15, -0.1) is 0 Å². The Labute approximate surface area is 107 Å². The number of fused-ring (bicyclic) bond motifs is 1. The highest BCUT2D eigenvalue weighted by molar-refractivity contribution is 5.58. The molecule has 0 bridgehead atoms. The maximum Gasteiger partial charge on any atom is 0.164 e. The molecular formula is C14H17NO3. The molecule has 0 aromatic heterocycles. The summed E-state index contributed by atoms with van der Waals surface area (Å²) in [7, 11) is 4.89. The van der Waals surface area contributed by atoms with Crippen LogP contribution in [0.15, 0.2) is 6.07 Å². The molecule has 0 N–H and O–H groups in total. The van der Waals surface area contributed by atoms with Crippen LogP contribution in [0.3, 0.4) is 0 Å². The minimum Gasteiger partial charge on any atom is -0.496 e. The van der Waals surface area contributed by atoms with E-state index in [0.29, 0.717) is 5.75 Å². The van der Waals surface area contributed by atoms with Gasteiger partial charge in [0.15, 0.2) is 11.5 Å². The van der Waals surface area contributed by atoms with E-state index in [1.165, 1.54) is 0 Å². The van der Waals surface area contributed by atoms with Crippen molar-refractivity contribution in [1.82, 2.24) is 0 Å². The van der Waals surface area contributed by atoms with E-state index in [1.54, 1.807) is 21.3 Å². The summed E-state index contributed by atoms with van der Waals surface area (Å²) >= 11 is 0. The lowest BCUT2D eigenvalue weighted by Crippen LogP contribution is -2.15. The number of hydrogen-bond donors (Lipinski definition) is 0. The van der Waals surface area contributed by atoms with Gasteiger partial charge in [-0.25, -0.2) is 0 Å². The van der Waals surface area contributed by atoms with Crippen molar-refractivity contribution in [3.8, 4) is 23.3 Å². The quantitative estimate of drug-likeness (QED) is 0.822. The molecule has 1 aliphatic carbocycles. The number of nitrogens with zero attached hydrogens (tertiary/aromatic N) is 1. The van der Waals surface area contributed by atoms with Crippen molar-refractivity contribution in [2.45, 2.75) is 19.3 Å². The highest BCUT2D eigenvalue weighted by Gasteiger charge is 2.27. The van der Waals surface area contributed by atoms with Crippen LogP contribution in [0.25, 0.3) is 0 Å². The number of hydrogen-bond acceptors (Lipinski definition) is 4. The second kappa shape index (κ2) is 5.18. The number of rotatable bonds is 3. The van der Waals surface area contributed by atoms with Gasteiger partial charge in [0.1, 0.15) is 5.75 Å². The molecule has 1 atom stereocenters. The summed E-state index contributed by atoms with van der Waals surface area (Å²) in [6.07, 6.45) is 2.40. The molecule has 0 spiro atoms. The molecule has 0 saturated heterocycles. The first-order valence-corrected chi connectivity index (χ1v) is 5.95. The molecule has 0 heterocycles. The number of methoxy groups -OCH3 is 3.